The molecule has 1 aromatic rings. The lowest BCUT2D eigenvalue weighted by molar-refractivity contribution is 0.0688. The molecule has 108 valence electrons. The van der Waals surface area contributed by atoms with Crippen LogP contribution in [0.2, 0.25) is 5.02 Å². The third-order valence-corrected chi connectivity index (χ3v) is 2.96. The van der Waals surface area contributed by atoms with Crippen molar-refractivity contribution in [1.82, 2.24) is 5.32 Å². The molecule has 0 atom stereocenters. The number of rotatable bonds is 10. The maximum Gasteiger partial charge on any atom is 0.146 e. The fourth-order valence-electron chi connectivity index (χ4n) is 1.61. The molecular weight excluding hydrogens is 269 g/mol. The van der Waals surface area contributed by atoms with Gasteiger partial charge in [0.25, 0.3) is 0 Å². The average molecular weight is 290 g/mol. The molecule has 0 bridgehead atoms. The lowest BCUT2D eigenvalue weighted by Gasteiger charge is -2.07. The quantitative estimate of drug-likeness (QED) is 0.672. The molecule has 0 aromatic heterocycles. The topological polar surface area (TPSA) is 30.5 Å². The van der Waals surface area contributed by atoms with Crippen LogP contribution in [0.25, 0.3) is 0 Å². The molecule has 0 saturated heterocycles. The van der Waals surface area contributed by atoms with Crippen molar-refractivity contribution in [2.45, 2.75) is 19.4 Å². The molecule has 0 aliphatic carbocycles. The molecule has 0 aliphatic heterocycles. The number of methoxy groups -OCH3 is 1. The summed E-state index contributed by atoms with van der Waals surface area (Å²) in [7, 11) is 1.66. The third kappa shape index (κ3) is 6.87. The van der Waals surface area contributed by atoms with E-state index < -0.39 is 0 Å². The normalized spacial score (nSPS) is 10.9. The highest BCUT2D eigenvalue weighted by Gasteiger charge is 2.04. The molecule has 1 aromatic carbocycles. The molecule has 3 nitrogen and oxygen atoms in total. The Bertz CT molecular complexity index is 363. The van der Waals surface area contributed by atoms with Crippen molar-refractivity contribution < 1.29 is 13.9 Å². The molecule has 0 unspecified atom stereocenters. The Labute approximate surface area is 119 Å². The first kappa shape index (κ1) is 16.4. The summed E-state index contributed by atoms with van der Waals surface area (Å²) < 4.78 is 23.8. The molecule has 5 heteroatoms. The Morgan fingerprint density at radius 1 is 1.21 bits per heavy atom. The predicted molar refractivity (Wildman–Crippen MR) is 75.0 cm³/mol. The van der Waals surface area contributed by atoms with Crippen molar-refractivity contribution in [3.63, 3.8) is 0 Å². The molecule has 0 fully saturated rings. The van der Waals surface area contributed by atoms with Crippen LogP contribution < -0.4 is 5.32 Å². The van der Waals surface area contributed by atoms with Gasteiger partial charge in [0.05, 0.1) is 18.2 Å². The van der Waals surface area contributed by atoms with Gasteiger partial charge in [-0.25, -0.2) is 4.39 Å². The first-order valence-corrected chi connectivity index (χ1v) is 6.83. The minimum atomic E-state index is -0.334. The Balaban J connectivity index is 2.03. The summed E-state index contributed by atoms with van der Waals surface area (Å²) in [6.07, 6.45) is 1.98. The molecule has 0 amide bonds. The summed E-state index contributed by atoms with van der Waals surface area (Å²) in [6.45, 7) is 3.33. The maximum atomic E-state index is 13.5. The zero-order chi connectivity index (χ0) is 13.9. The summed E-state index contributed by atoms with van der Waals surface area (Å²) in [5, 5.41) is 3.36. The highest BCUT2D eigenvalue weighted by molar-refractivity contribution is 6.30. The largest absolute Gasteiger partial charge is 0.382 e. The van der Waals surface area contributed by atoms with Gasteiger partial charge in [0.1, 0.15) is 5.82 Å². The Morgan fingerprint density at radius 3 is 2.84 bits per heavy atom. The third-order valence-electron chi connectivity index (χ3n) is 2.67. The van der Waals surface area contributed by atoms with Gasteiger partial charge in [-0.15, -0.1) is 0 Å². The first-order valence-electron chi connectivity index (χ1n) is 6.46. The van der Waals surface area contributed by atoms with E-state index in [1.165, 1.54) is 0 Å². The molecule has 1 N–H and O–H groups in total. The van der Waals surface area contributed by atoms with Crippen molar-refractivity contribution >= 4 is 11.6 Å². The fourth-order valence-corrected chi connectivity index (χ4v) is 1.80. The SMILES string of the molecule is COCCOCCCCNCc1cccc(Cl)c1F. The van der Waals surface area contributed by atoms with Crippen molar-refractivity contribution in [3.8, 4) is 0 Å². The van der Waals surface area contributed by atoms with Crippen LogP contribution in [0, 0.1) is 5.82 Å². The van der Waals surface area contributed by atoms with E-state index in [9.17, 15) is 4.39 Å². The van der Waals surface area contributed by atoms with Crippen LogP contribution in [0.5, 0.6) is 0 Å². The number of ether oxygens (including phenoxy) is 2. The van der Waals surface area contributed by atoms with E-state index in [1.807, 2.05) is 0 Å². The summed E-state index contributed by atoms with van der Waals surface area (Å²) in [4.78, 5) is 0. The number of nitrogens with one attached hydrogen (secondary N) is 1. The highest BCUT2D eigenvalue weighted by Crippen LogP contribution is 2.17. The average Bonchev–Trinajstić information content (AvgIpc) is 2.41. The number of hydrogen-bond donors (Lipinski definition) is 1. The van der Waals surface area contributed by atoms with Gasteiger partial charge in [0.15, 0.2) is 0 Å². The van der Waals surface area contributed by atoms with Crippen LogP contribution in [0.15, 0.2) is 18.2 Å². The second kappa shape index (κ2) is 10.1. The molecule has 19 heavy (non-hydrogen) atoms. The second-order valence-corrected chi connectivity index (χ2v) is 4.61. The molecule has 0 aliphatic rings. The van der Waals surface area contributed by atoms with Gasteiger partial charge in [0, 0.05) is 25.8 Å². The van der Waals surface area contributed by atoms with Crippen LogP contribution >= 0.6 is 11.6 Å². The zero-order valence-corrected chi connectivity index (χ0v) is 12.0. The highest BCUT2D eigenvalue weighted by atomic mass is 35.5. The van der Waals surface area contributed by atoms with Crippen LogP contribution in [-0.2, 0) is 16.0 Å². The van der Waals surface area contributed by atoms with E-state index in [0.29, 0.717) is 25.3 Å². The van der Waals surface area contributed by atoms with Gasteiger partial charge < -0.3 is 14.8 Å². The molecule has 0 heterocycles. The van der Waals surface area contributed by atoms with E-state index in [2.05, 4.69) is 5.32 Å². The number of hydrogen-bond acceptors (Lipinski definition) is 3. The summed E-state index contributed by atoms with van der Waals surface area (Å²) in [5.74, 6) is -0.334. The van der Waals surface area contributed by atoms with Gasteiger partial charge in [-0.2, -0.15) is 0 Å². The number of benzene rings is 1. The molecule has 0 radical (unpaired) electrons. The van der Waals surface area contributed by atoms with Gasteiger partial charge >= 0.3 is 0 Å². The van der Waals surface area contributed by atoms with E-state index in [4.69, 9.17) is 21.1 Å². The Morgan fingerprint density at radius 2 is 2.05 bits per heavy atom. The summed E-state index contributed by atoms with van der Waals surface area (Å²) >= 11 is 5.71. The Hall–Kier alpha value is -0.680. The van der Waals surface area contributed by atoms with Crippen molar-refractivity contribution in [1.29, 1.82) is 0 Å². The Kier molecular flexibility index (Phi) is 8.75. The van der Waals surface area contributed by atoms with Crippen LogP contribution in [0.3, 0.4) is 0 Å². The van der Waals surface area contributed by atoms with E-state index >= 15 is 0 Å². The smallest absolute Gasteiger partial charge is 0.146 e. The maximum absolute atomic E-state index is 13.5. The summed E-state index contributed by atoms with van der Waals surface area (Å²) in [6, 6.07) is 5.05. The van der Waals surface area contributed by atoms with Crippen molar-refractivity contribution in [2.75, 3.05) is 33.5 Å². The number of halogens is 2. The predicted octanol–water partition coefficient (Wildman–Crippen LogP) is 3.01. The molecule has 1 rings (SSSR count). The standard InChI is InChI=1S/C14H21ClFNO2/c1-18-9-10-19-8-3-2-7-17-11-12-5-4-6-13(15)14(12)16/h4-6,17H,2-3,7-11H2,1H3. The monoisotopic (exact) mass is 289 g/mol. The van der Waals surface area contributed by atoms with E-state index in [0.717, 1.165) is 26.0 Å². The van der Waals surface area contributed by atoms with Gasteiger partial charge in [-0.3, -0.25) is 0 Å². The number of unbranched alkanes of at least 4 members (excludes halogenated alkanes) is 1. The van der Waals surface area contributed by atoms with Gasteiger partial charge in [-0.05, 0) is 25.5 Å². The summed E-state index contributed by atoms with van der Waals surface area (Å²) in [5.41, 5.74) is 0.601. The van der Waals surface area contributed by atoms with Crippen molar-refractivity contribution in [2.24, 2.45) is 0 Å². The van der Waals surface area contributed by atoms with Gasteiger partial charge in [0.2, 0.25) is 0 Å². The minimum absolute atomic E-state index is 0.172. The van der Waals surface area contributed by atoms with E-state index in [1.54, 1.807) is 25.3 Å². The fraction of sp³-hybridized carbons (Fsp3) is 0.571. The lowest BCUT2D eigenvalue weighted by Crippen LogP contribution is -2.16. The molecule has 0 spiro atoms. The lowest BCUT2D eigenvalue weighted by atomic mass is 10.2. The second-order valence-electron chi connectivity index (χ2n) is 4.20. The first-order chi connectivity index (χ1) is 9.25. The van der Waals surface area contributed by atoms with Crippen LogP contribution in [0.4, 0.5) is 4.39 Å². The minimum Gasteiger partial charge on any atom is -0.382 e. The van der Waals surface area contributed by atoms with Gasteiger partial charge in [-0.1, -0.05) is 23.7 Å². The zero-order valence-electron chi connectivity index (χ0n) is 11.3. The van der Waals surface area contributed by atoms with Crippen molar-refractivity contribution in [3.05, 3.63) is 34.6 Å². The molecular formula is C14H21ClFNO2. The van der Waals surface area contributed by atoms with Crippen LogP contribution in [-0.4, -0.2) is 33.5 Å². The molecule has 0 saturated carbocycles. The van der Waals surface area contributed by atoms with E-state index in [-0.39, 0.29) is 10.8 Å². The van der Waals surface area contributed by atoms with Crippen LogP contribution in [0.1, 0.15) is 18.4 Å².